The van der Waals surface area contributed by atoms with E-state index in [-0.39, 0.29) is 6.61 Å². The van der Waals surface area contributed by atoms with Gasteiger partial charge in [-0.15, -0.1) is 0 Å². The average molecular weight is 248 g/mol. The molecule has 2 fully saturated rings. The first kappa shape index (κ1) is 11.9. The Kier molecular flexibility index (Phi) is 3.43. The normalized spacial score (nSPS) is 24.9. The van der Waals surface area contributed by atoms with Crippen molar-refractivity contribution in [2.24, 2.45) is 0 Å². The Morgan fingerprint density at radius 3 is 3.00 bits per heavy atom. The van der Waals surface area contributed by atoms with Crippen LogP contribution >= 0.6 is 0 Å². The summed E-state index contributed by atoms with van der Waals surface area (Å²) in [6.45, 7) is 4.50. The van der Waals surface area contributed by atoms with Crippen molar-refractivity contribution in [3.05, 3.63) is 18.1 Å². The molecule has 0 saturated carbocycles. The third-order valence-corrected chi connectivity index (χ3v) is 3.96. The summed E-state index contributed by atoms with van der Waals surface area (Å²) < 4.78 is 0. The van der Waals surface area contributed by atoms with Gasteiger partial charge in [0.05, 0.1) is 24.7 Å². The van der Waals surface area contributed by atoms with Crippen LogP contribution in [0, 0.1) is 0 Å². The van der Waals surface area contributed by atoms with E-state index >= 15 is 0 Å². The maximum Gasteiger partial charge on any atom is 0.147 e. The number of aliphatic hydroxyl groups is 1. The molecule has 2 aliphatic rings. The number of anilines is 1. The molecule has 5 nitrogen and oxygen atoms in total. The Balaban J connectivity index is 1.78. The van der Waals surface area contributed by atoms with E-state index in [2.05, 4.69) is 19.8 Å². The van der Waals surface area contributed by atoms with E-state index in [4.69, 9.17) is 5.11 Å². The van der Waals surface area contributed by atoms with Crippen LogP contribution in [0.25, 0.3) is 0 Å². The number of aliphatic hydroxyl groups excluding tert-OH is 1. The van der Waals surface area contributed by atoms with E-state index in [1.165, 1.54) is 32.4 Å². The Morgan fingerprint density at radius 2 is 2.11 bits per heavy atom. The van der Waals surface area contributed by atoms with Crippen molar-refractivity contribution in [3.8, 4) is 0 Å². The molecule has 0 aromatic carbocycles. The first-order valence-corrected chi connectivity index (χ1v) is 6.77. The number of fused-ring (bicyclic) bond motifs is 1. The minimum Gasteiger partial charge on any atom is -0.390 e. The number of rotatable bonds is 2. The molecular formula is C13H20N4O. The summed E-state index contributed by atoms with van der Waals surface area (Å²) in [4.78, 5) is 13.6. The van der Waals surface area contributed by atoms with Crippen molar-refractivity contribution >= 4 is 5.82 Å². The molecule has 1 unspecified atom stereocenters. The molecular weight excluding hydrogens is 228 g/mol. The van der Waals surface area contributed by atoms with Crippen molar-refractivity contribution in [2.45, 2.75) is 31.9 Å². The highest BCUT2D eigenvalue weighted by Crippen LogP contribution is 2.23. The summed E-state index contributed by atoms with van der Waals surface area (Å²) in [5, 5.41) is 9.14. The molecule has 3 heterocycles. The van der Waals surface area contributed by atoms with Crippen LogP contribution in [0.15, 0.2) is 12.4 Å². The van der Waals surface area contributed by atoms with Gasteiger partial charge in [-0.1, -0.05) is 0 Å². The topological polar surface area (TPSA) is 52.5 Å². The van der Waals surface area contributed by atoms with Gasteiger partial charge in [0.25, 0.3) is 0 Å². The molecule has 1 aromatic heterocycles. The fraction of sp³-hybridized carbons (Fsp3) is 0.692. The van der Waals surface area contributed by atoms with Crippen molar-refractivity contribution in [1.82, 2.24) is 14.9 Å². The summed E-state index contributed by atoms with van der Waals surface area (Å²) in [5.74, 6) is 0.912. The van der Waals surface area contributed by atoms with Crippen LogP contribution in [0.5, 0.6) is 0 Å². The van der Waals surface area contributed by atoms with E-state index in [0.29, 0.717) is 11.7 Å². The standard InChI is InChI=1S/C13H20N4O/c18-10-11-7-14-8-13(15-11)17-6-2-5-16-4-1-3-12(16)9-17/h7-8,12,18H,1-6,9-10H2. The van der Waals surface area contributed by atoms with Crippen LogP contribution in [0.4, 0.5) is 5.82 Å². The Bertz CT molecular complexity index is 412. The van der Waals surface area contributed by atoms with Gasteiger partial charge in [-0.3, -0.25) is 9.88 Å². The van der Waals surface area contributed by atoms with Gasteiger partial charge in [-0.25, -0.2) is 4.98 Å². The molecule has 2 saturated heterocycles. The molecule has 98 valence electrons. The Labute approximate surface area is 107 Å². The highest BCUT2D eigenvalue weighted by molar-refractivity contribution is 5.37. The summed E-state index contributed by atoms with van der Waals surface area (Å²) in [6, 6.07) is 0.673. The lowest BCUT2D eigenvalue weighted by Gasteiger charge is -2.26. The van der Waals surface area contributed by atoms with Gasteiger partial charge in [0.1, 0.15) is 5.82 Å². The van der Waals surface area contributed by atoms with Gasteiger partial charge in [-0.05, 0) is 25.8 Å². The second kappa shape index (κ2) is 5.20. The third kappa shape index (κ3) is 2.33. The van der Waals surface area contributed by atoms with E-state index < -0.39 is 0 Å². The lowest BCUT2D eigenvalue weighted by molar-refractivity contribution is 0.272. The minimum absolute atomic E-state index is 0.0375. The van der Waals surface area contributed by atoms with Gasteiger partial charge >= 0.3 is 0 Å². The maximum atomic E-state index is 9.14. The van der Waals surface area contributed by atoms with E-state index in [1.807, 2.05) is 6.20 Å². The zero-order valence-corrected chi connectivity index (χ0v) is 10.6. The van der Waals surface area contributed by atoms with Crippen LogP contribution in [0.1, 0.15) is 25.0 Å². The van der Waals surface area contributed by atoms with Crippen LogP contribution in [0.3, 0.4) is 0 Å². The predicted octanol–water partition coefficient (Wildman–Crippen LogP) is 0.643. The molecule has 0 radical (unpaired) electrons. The molecule has 18 heavy (non-hydrogen) atoms. The molecule has 1 aromatic rings. The zero-order chi connectivity index (χ0) is 12.4. The van der Waals surface area contributed by atoms with Gasteiger partial charge in [0.15, 0.2) is 0 Å². The molecule has 0 bridgehead atoms. The van der Waals surface area contributed by atoms with Gasteiger partial charge < -0.3 is 10.0 Å². The van der Waals surface area contributed by atoms with Crippen LogP contribution in [-0.4, -0.2) is 52.2 Å². The molecule has 1 atom stereocenters. The monoisotopic (exact) mass is 248 g/mol. The maximum absolute atomic E-state index is 9.14. The third-order valence-electron chi connectivity index (χ3n) is 3.96. The lowest BCUT2D eigenvalue weighted by atomic mass is 10.2. The number of nitrogens with zero attached hydrogens (tertiary/aromatic N) is 4. The zero-order valence-electron chi connectivity index (χ0n) is 10.6. The Hall–Kier alpha value is -1.20. The number of aromatic nitrogens is 2. The van der Waals surface area contributed by atoms with Gasteiger partial charge in [0.2, 0.25) is 0 Å². The molecule has 0 spiro atoms. The number of hydrogen-bond acceptors (Lipinski definition) is 5. The second-order valence-corrected chi connectivity index (χ2v) is 5.16. The van der Waals surface area contributed by atoms with E-state index in [9.17, 15) is 0 Å². The van der Waals surface area contributed by atoms with Crippen molar-refractivity contribution in [1.29, 1.82) is 0 Å². The predicted molar refractivity (Wildman–Crippen MR) is 69.4 cm³/mol. The van der Waals surface area contributed by atoms with Gasteiger partial charge in [0, 0.05) is 25.7 Å². The summed E-state index contributed by atoms with van der Waals surface area (Å²) in [7, 11) is 0. The summed E-state index contributed by atoms with van der Waals surface area (Å²) in [6.07, 6.45) is 7.24. The van der Waals surface area contributed by atoms with E-state index in [0.717, 1.165) is 18.9 Å². The van der Waals surface area contributed by atoms with Crippen molar-refractivity contribution in [2.75, 3.05) is 31.1 Å². The fourth-order valence-corrected chi connectivity index (χ4v) is 3.04. The van der Waals surface area contributed by atoms with Crippen LogP contribution in [-0.2, 0) is 6.61 Å². The van der Waals surface area contributed by atoms with Crippen LogP contribution < -0.4 is 4.90 Å². The van der Waals surface area contributed by atoms with Gasteiger partial charge in [-0.2, -0.15) is 0 Å². The Morgan fingerprint density at radius 1 is 1.22 bits per heavy atom. The summed E-state index contributed by atoms with van der Waals surface area (Å²) in [5.41, 5.74) is 0.653. The molecule has 2 aliphatic heterocycles. The molecule has 3 rings (SSSR count). The smallest absolute Gasteiger partial charge is 0.147 e. The quantitative estimate of drug-likeness (QED) is 0.832. The van der Waals surface area contributed by atoms with Crippen molar-refractivity contribution < 1.29 is 5.11 Å². The largest absolute Gasteiger partial charge is 0.390 e. The van der Waals surface area contributed by atoms with Crippen molar-refractivity contribution in [3.63, 3.8) is 0 Å². The summed E-state index contributed by atoms with van der Waals surface area (Å²) >= 11 is 0. The first-order chi connectivity index (χ1) is 8.86. The highest BCUT2D eigenvalue weighted by atomic mass is 16.3. The first-order valence-electron chi connectivity index (χ1n) is 6.77. The lowest BCUT2D eigenvalue weighted by Crippen LogP contribution is -2.37. The number of hydrogen-bond donors (Lipinski definition) is 1. The highest BCUT2D eigenvalue weighted by Gasteiger charge is 2.29. The average Bonchev–Trinajstić information content (AvgIpc) is 2.76. The second-order valence-electron chi connectivity index (χ2n) is 5.16. The fourth-order valence-electron chi connectivity index (χ4n) is 3.04. The van der Waals surface area contributed by atoms with E-state index in [1.54, 1.807) is 6.20 Å². The molecule has 5 heteroatoms. The molecule has 1 N–H and O–H groups in total. The SMILES string of the molecule is OCc1cncc(N2CCCN3CCCC3C2)n1. The van der Waals surface area contributed by atoms with Crippen LogP contribution in [0.2, 0.25) is 0 Å². The molecule has 0 aliphatic carbocycles. The molecule has 0 amide bonds. The minimum atomic E-state index is -0.0375.